The van der Waals surface area contributed by atoms with Crippen molar-refractivity contribution in [3.05, 3.63) is 83.6 Å². The summed E-state index contributed by atoms with van der Waals surface area (Å²) in [6, 6.07) is 17.4. The van der Waals surface area contributed by atoms with Crippen LogP contribution in [0.2, 0.25) is 0 Å². The first-order valence-corrected chi connectivity index (χ1v) is 11.8. The van der Waals surface area contributed by atoms with Gasteiger partial charge in [-0.2, -0.15) is 4.98 Å². The molecule has 0 atom stereocenters. The van der Waals surface area contributed by atoms with Gasteiger partial charge in [0.2, 0.25) is 11.9 Å². The smallest absolute Gasteiger partial charge is 0.251 e. The Balaban J connectivity index is 1.27. The molecule has 1 amide bonds. The third-order valence-corrected chi connectivity index (χ3v) is 6.40. The van der Waals surface area contributed by atoms with E-state index in [1.54, 1.807) is 30.5 Å². The van der Waals surface area contributed by atoms with E-state index in [4.69, 9.17) is 4.98 Å². The van der Waals surface area contributed by atoms with E-state index < -0.39 is 0 Å². The molecule has 4 aromatic rings. The van der Waals surface area contributed by atoms with Crippen molar-refractivity contribution in [1.82, 2.24) is 25.3 Å². The molecule has 0 unspecified atom stereocenters. The molecule has 2 aromatic carbocycles. The highest BCUT2D eigenvalue weighted by atomic mass is 32.1. The number of nitrogens with one attached hydrogen (secondary N) is 2. The summed E-state index contributed by atoms with van der Waals surface area (Å²) in [5.41, 5.74) is 4.72. The summed E-state index contributed by atoms with van der Waals surface area (Å²) >= 11 is 1.67. The number of hydrogen-bond donors (Lipinski definition) is 2. The van der Waals surface area contributed by atoms with Crippen LogP contribution >= 0.6 is 11.3 Å². The molecule has 0 saturated heterocycles. The molecule has 34 heavy (non-hydrogen) atoms. The number of nitrogens with zero attached hydrogens (tertiary/aromatic N) is 5. The summed E-state index contributed by atoms with van der Waals surface area (Å²) in [5.74, 6) is 0.895. The van der Waals surface area contributed by atoms with Gasteiger partial charge in [-0.3, -0.25) is 4.79 Å². The zero-order chi connectivity index (χ0) is 23.3. The maximum absolute atomic E-state index is 11.9. The van der Waals surface area contributed by atoms with E-state index in [9.17, 15) is 4.79 Å². The molecular weight excluding hydrogens is 446 g/mol. The first-order valence-electron chi connectivity index (χ1n) is 10.9. The molecule has 170 valence electrons. The van der Waals surface area contributed by atoms with Crippen molar-refractivity contribution in [2.24, 2.45) is 0 Å². The van der Waals surface area contributed by atoms with Gasteiger partial charge in [0.25, 0.3) is 5.91 Å². The van der Waals surface area contributed by atoms with Crippen LogP contribution in [-0.2, 0) is 0 Å². The van der Waals surface area contributed by atoms with Crippen LogP contribution in [0.25, 0.3) is 16.1 Å². The van der Waals surface area contributed by atoms with Gasteiger partial charge in [0.15, 0.2) is 0 Å². The fourth-order valence-corrected chi connectivity index (χ4v) is 4.58. The van der Waals surface area contributed by atoms with Gasteiger partial charge in [-0.05, 0) is 30.2 Å². The summed E-state index contributed by atoms with van der Waals surface area (Å²) < 4.78 is 0. The third kappa shape index (κ3) is 4.79. The predicted octanol–water partition coefficient (Wildman–Crippen LogP) is 4.39. The fraction of sp³-hybridized carbons (Fsp3) is 0.160. The number of carbonyl (C=O) groups excluding carboxylic acids is 1. The molecule has 2 N–H and O–H groups in total. The van der Waals surface area contributed by atoms with Crippen LogP contribution in [0.1, 0.15) is 22.5 Å². The molecule has 5 rings (SSSR count). The van der Waals surface area contributed by atoms with E-state index in [0.29, 0.717) is 24.0 Å². The Morgan fingerprint density at radius 3 is 2.74 bits per heavy atom. The normalized spacial score (nSPS) is 13.3. The number of carbonyl (C=O) groups is 1. The highest BCUT2D eigenvalue weighted by Crippen LogP contribution is 2.30. The van der Waals surface area contributed by atoms with E-state index >= 15 is 0 Å². The highest BCUT2D eigenvalue weighted by molar-refractivity contribution is 7.13. The molecule has 2 aromatic heterocycles. The van der Waals surface area contributed by atoms with Crippen molar-refractivity contribution < 1.29 is 4.79 Å². The van der Waals surface area contributed by atoms with E-state index in [1.165, 1.54) is 11.9 Å². The monoisotopic (exact) mass is 469 g/mol. The molecule has 0 radical (unpaired) electrons. The first kappa shape index (κ1) is 21.7. The molecule has 0 spiro atoms. The van der Waals surface area contributed by atoms with Gasteiger partial charge in [0.05, 0.1) is 5.69 Å². The van der Waals surface area contributed by atoms with Gasteiger partial charge in [-0.25, -0.2) is 15.0 Å². The van der Waals surface area contributed by atoms with Gasteiger partial charge >= 0.3 is 0 Å². The lowest BCUT2D eigenvalue weighted by Gasteiger charge is -2.26. The number of amides is 1. The molecule has 0 saturated carbocycles. The zero-order valence-corrected chi connectivity index (χ0v) is 19.4. The van der Waals surface area contributed by atoms with Gasteiger partial charge in [-0.1, -0.05) is 42.5 Å². The Kier molecular flexibility index (Phi) is 6.26. The van der Waals surface area contributed by atoms with E-state index in [1.807, 2.05) is 30.3 Å². The van der Waals surface area contributed by atoms with Crippen molar-refractivity contribution in [3.63, 3.8) is 0 Å². The lowest BCUT2D eigenvalue weighted by molar-refractivity contribution is 0.0963. The summed E-state index contributed by atoms with van der Waals surface area (Å²) in [5, 5.41) is 8.95. The third-order valence-electron chi connectivity index (χ3n) is 5.51. The van der Waals surface area contributed by atoms with Crippen LogP contribution in [0.4, 0.5) is 17.6 Å². The second-order valence-corrected chi connectivity index (χ2v) is 8.58. The SMILES string of the molecule is CNC(=O)c1cccc(Nc2ncnc(N3CC=C(c4csc(-c5ccccc5)n4)CC3)n2)c1. The maximum Gasteiger partial charge on any atom is 0.251 e. The molecule has 1 aliphatic heterocycles. The Morgan fingerprint density at radius 2 is 1.94 bits per heavy atom. The Morgan fingerprint density at radius 1 is 1.06 bits per heavy atom. The average Bonchev–Trinajstić information content (AvgIpc) is 3.40. The Bertz CT molecular complexity index is 1340. The molecular formula is C25H23N7OS. The van der Waals surface area contributed by atoms with Gasteiger partial charge in [-0.15, -0.1) is 11.3 Å². The number of rotatable bonds is 6. The predicted molar refractivity (Wildman–Crippen MR) is 135 cm³/mol. The van der Waals surface area contributed by atoms with Crippen LogP contribution in [0, 0.1) is 0 Å². The standard InChI is InChI=1S/C25H23N7OS/c1-26-22(33)19-8-5-9-20(14-19)29-24-27-16-28-25(31-24)32-12-10-17(11-13-32)21-15-34-23(30-21)18-6-3-2-4-7-18/h2-10,14-16H,11-13H2,1H3,(H,26,33)(H,27,28,29,31). The summed E-state index contributed by atoms with van der Waals surface area (Å²) in [6.45, 7) is 1.49. The van der Waals surface area contributed by atoms with Crippen molar-refractivity contribution in [1.29, 1.82) is 0 Å². The second kappa shape index (κ2) is 9.80. The minimum atomic E-state index is -0.146. The Labute approximate surface area is 201 Å². The van der Waals surface area contributed by atoms with Gasteiger partial charge in [0.1, 0.15) is 11.3 Å². The number of hydrogen-bond acceptors (Lipinski definition) is 8. The molecule has 1 aliphatic rings. The second-order valence-electron chi connectivity index (χ2n) is 7.72. The van der Waals surface area contributed by atoms with Crippen molar-refractivity contribution in [2.45, 2.75) is 6.42 Å². The van der Waals surface area contributed by atoms with Crippen LogP contribution in [0.3, 0.4) is 0 Å². The molecule has 3 heterocycles. The topological polar surface area (TPSA) is 95.9 Å². The molecule has 9 heteroatoms. The van der Waals surface area contributed by atoms with Crippen LogP contribution in [-0.4, -0.2) is 46.0 Å². The lowest BCUT2D eigenvalue weighted by Crippen LogP contribution is -2.30. The fourth-order valence-electron chi connectivity index (χ4n) is 3.73. The van der Waals surface area contributed by atoms with Crippen LogP contribution < -0.4 is 15.5 Å². The van der Waals surface area contributed by atoms with Crippen LogP contribution in [0.15, 0.2) is 72.4 Å². The van der Waals surface area contributed by atoms with Gasteiger partial charge in [0, 0.05) is 42.3 Å². The average molecular weight is 470 g/mol. The minimum absolute atomic E-state index is 0.146. The number of benzene rings is 2. The van der Waals surface area contributed by atoms with Crippen LogP contribution in [0.5, 0.6) is 0 Å². The summed E-state index contributed by atoms with van der Waals surface area (Å²) in [7, 11) is 1.61. The van der Waals surface area contributed by atoms with Gasteiger partial charge < -0.3 is 15.5 Å². The number of thiazole rings is 1. The first-order chi connectivity index (χ1) is 16.7. The van der Waals surface area contributed by atoms with E-state index in [2.05, 4.69) is 54.1 Å². The van der Waals surface area contributed by atoms with Crippen molar-refractivity contribution >= 4 is 40.4 Å². The molecule has 0 aliphatic carbocycles. The lowest BCUT2D eigenvalue weighted by atomic mass is 10.1. The van der Waals surface area contributed by atoms with Crippen molar-refractivity contribution in [3.8, 4) is 10.6 Å². The molecule has 0 bridgehead atoms. The maximum atomic E-state index is 11.9. The zero-order valence-electron chi connectivity index (χ0n) is 18.6. The molecule has 8 nitrogen and oxygen atoms in total. The van der Waals surface area contributed by atoms with Crippen molar-refractivity contribution in [2.75, 3.05) is 30.4 Å². The minimum Gasteiger partial charge on any atom is -0.355 e. The largest absolute Gasteiger partial charge is 0.355 e. The summed E-state index contributed by atoms with van der Waals surface area (Å²) in [4.78, 5) is 32.0. The van der Waals surface area contributed by atoms with E-state index in [-0.39, 0.29) is 5.91 Å². The summed E-state index contributed by atoms with van der Waals surface area (Å²) in [6.07, 6.45) is 4.55. The number of anilines is 3. The Hall–Kier alpha value is -4.11. The quantitative estimate of drug-likeness (QED) is 0.432. The van der Waals surface area contributed by atoms with E-state index in [0.717, 1.165) is 34.9 Å². The molecule has 0 fully saturated rings. The number of aromatic nitrogens is 4. The highest BCUT2D eigenvalue weighted by Gasteiger charge is 2.18.